The Hall–Kier alpha value is -1.55. The molecule has 96 valence electrons. The minimum Gasteiger partial charge on any atom is -0.478 e. The van der Waals surface area contributed by atoms with Crippen molar-refractivity contribution in [3.63, 3.8) is 0 Å². The predicted molar refractivity (Wildman–Crippen MR) is 67.6 cm³/mol. The van der Waals surface area contributed by atoms with Crippen LogP contribution in [0.2, 0.25) is 0 Å². The van der Waals surface area contributed by atoms with E-state index < -0.39 is 5.97 Å². The summed E-state index contributed by atoms with van der Waals surface area (Å²) in [5.74, 6) is -0.0957. The van der Waals surface area contributed by atoms with Gasteiger partial charge in [0.2, 0.25) is 5.91 Å². The fourth-order valence-electron chi connectivity index (χ4n) is 2.08. The quantitative estimate of drug-likeness (QED) is 0.849. The highest BCUT2D eigenvalue weighted by molar-refractivity contribution is 6.18. The molecule has 1 aromatic rings. The van der Waals surface area contributed by atoms with E-state index >= 15 is 0 Å². The maximum Gasteiger partial charge on any atom is 0.335 e. The number of hydrogen-bond acceptors (Lipinski definition) is 2. The van der Waals surface area contributed by atoms with Crippen molar-refractivity contribution in [1.82, 2.24) is 4.90 Å². The lowest BCUT2D eigenvalue weighted by atomic mass is 10.1. The van der Waals surface area contributed by atoms with Gasteiger partial charge in [0.1, 0.15) is 0 Å². The molecule has 2 rings (SSSR count). The van der Waals surface area contributed by atoms with Crippen molar-refractivity contribution in [2.45, 2.75) is 13.0 Å². The molecule has 1 fully saturated rings. The van der Waals surface area contributed by atoms with E-state index in [1.165, 1.54) is 0 Å². The third-order valence-corrected chi connectivity index (χ3v) is 3.52. The number of benzene rings is 1. The molecule has 0 bridgehead atoms. The standard InChI is InChI=1S/C13H14ClNO3/c14-6-10-5-12(16)15(8-10)7-9-1-3-11(4-2-9)13(17)18/h1-4,10H,5-8H2,(H,17,18). The number of carbonyl (C=O) groups excluding carboxylic acids is 1. The maximum atomic E-state index is 11.7. The molecule has 0 aliphatic carbocycles. The number of likely N-dealkylation sites (tertiary alicyclic amines) is 1. The van der Waals surface area contributed by atoms with Gasteiger partial charge in [0.25, 0.3) is 0 Å². The average molecular weight is 268 g/mol. The zero-order valence-corrected chi connectivity index (χ0v) is 10.6. The number of hydrogen-bond donors (Lipinski definition) is 1. The molecule has 1 aliphatic rings. The van der Waals surface area contributed by atoms with E-state index in [1.807, 2.05) is 0 Å². The number of carboxylic acid groups (broad SMARTS) is 1. The molecule has 5 heteroatoms. The number of rotatable bonds is 4. The first-order valence-corrected chi connectivity index (χ1v) is 6.29. The molecule has 4 nitrogen and oxygen atoms in total. The van der Waals surface area contributed by atoms with E-state index in [0.29, 0.717) is 25.4 Å². The van der Waals surface area contributed by atoms with E-state index in [4.69, 9.17) is 16.7 Å². The Kier molecular flexibility index (Phi) is 3.87. The van der Waals surface area contributed by atoms with Crippen LogP contribution in [-0.2, 0) is 11.3 Å². The lowest BCUT2D eigenvalue weighted by Crippen LogP contribution is -2.24. The molecular formula is C13H14ClNO3. The van der Waals surface area contributed by atoms with Crippen LogP contribution in [-0.4, -0.2) is 34.3 Å². The summed E-state index contributed by atoms with van der Waals surface area (Å²) in [5, 5.41) is 8.79. The van der Waals surface area contributed by atoms with Crippen molar-refractivity contribution >= 4 is 23.5 Å². The van der Waals surface area contributed by atoms with Crippen LogP contribution in [0.3, 0.4) is 0 Å². The van der Waals surface area contributed by atoms with Crippen LogP contribution in [0.1, 0.15) is 22.3 Å². The van der Waals surface area contributed by atoms with Crippen molar-refractivity contribution in [2.75, 3.05) is 12.4 Å². The number of nitrogens with zero attached hydrogens (tertiary/aromatic N) is 1. The second-order valence-electron chi connectivity index (χ2n) is 4.50. The first-order valence-electron chi connectivity index (χ1n) is 5.76. The van der Waals surface area contributed by atoms with Gasteiger partial charge in [-0.25, -0.2) is 4.79 Å². The van der Waals surface area contributed by atoms with Crippen molar-refractivity contribution in [1.29, 1.82) is 0 Å². The minimum absolute atomic E-state index is 0.114. The molecule has 1 unspecified atom stereocenters. The summed E-state index contributed by atoms with van der Waals surface area (Å²) in [4.78, 5) is 24.2. The predicted octanol–water partition coefficient (Wildman–Crippen LogP) is 1.97. The van der Waals surface area contributed by atoms with Crippen LogP contribution in [0.4, 0.5) is 0 Å². The van der Waals surface area contributed by atoms with Gasteiger partial charge >= 0.3 is 5.97 Å². The smallest absolute Gasteiger partial charge is 0.335 e. The summed E-state index contributed by atoms with van der Waals surface area (Å²) >= 11 is 5.75. The van der Waals surface area contributed by atoms with Crippen LogP contribution in [0.25, 0.3) is 0 Å². The fraction of sp³-hybridized carbons (Fsp3) is 0.385. The average Bonchev–Trinajstić information content (AvgIpc) is 2.71. The van der Waals surface area contributed by atoms with Crippen molar-refractivity contribution in [2.24, 2.45) is 5.92 Å². The van der Waals surface area contributed by atoms with Gasteiger partial charge in [-0.3, -0.25) is 4.79 Å². The van der Waals surface area contributed by atoms with Gasteiger partial charge in [-0.2, -0.15) is 0 Å². The van der Waals surface area contributed by atoms with E-state index in [9.17, 15) is 9.59 Å². The molecule has 0 aromatic heterocycles. The topological polar surface area (TPSA) is 57.6 Å². The molecule has 1 saturated heterocycles. The second-order valence-corrected chi connectivity index (χ2v) is 4.81. The third-order valence-electron chi connectivity index (χ3n) is 3.09. The normalized spacial score (nSPS) is 19.3. The van der Waals surface area contributed by atoms with Gasteiger partial charge < -0.3 is 10.0 Å². The number of aromatic carboxylic acids is 1. The Morgan fingerprint density at radius 1 is 1.39 bits per heavy atom. The maximum absolute atomic E-state index is 11.7. The molecule has 1 aliphatic heterocycles. The Bertz CT molecular complexity index is 458. The molecule has 1 N–H and O–H groups in total. The molecule has 18 heavy (non-hydrogen) atoms. The lowest BCUT2D eigenvalue weighted by molar-refractivity contribution is -0.128. The van der Waals surface area contributed by atoms with Gasteiger partial charge in [-0.1, -0.05) is 12.1 Å². The largest absolute Gasteiger partial charge is 0.478 e. The Morgan fingerprint density at radius 2 is 2.06 bits per heavy atom. The summed E-state index contributed by atoms with van der Waals surface area (Å²) in [5.41, 5.74) is 1.19. The Labute approximate surface area is 110 Å². The molecule has 1 atom stereocenters. The highest BCUT2D eigenvalue weighted by atomic mass is 35.5. The van der Waals surface area contributed by atoms with Crippen molar-refractivity contribution in [3.8, 4) is 0 Å². The molecule has 1 heterocycles. The third kappa shape index (κ3) is 2.82. The monoisotopic (exact) mass is 267 g/mol. The fourth-order valence-corrected chi connectivity index (χ4v) is 2.29. The van der Waals surface area contributed by atoms with Gasteiger partial charge in [-0.15, -0.1) is 11.6 Å². The summed E-state index contributed by atoms with van der Waals surface area (Å²) in [6, 6.07) is 6.59. The summed E-state index contributed by atoms with van der Waals surface area (Å²) in [6.45, 7) is 1.20. The van der Waals surface area contributed by atoms with Crippen LogP contribution in [0.5, 0.6) is 0 Å². The van der Waals surface area contributed by atoms with Crippen molar-refractivity contribution < 1.29 is 14.7 Å². The Balaban J connectivity index is 2.01. The summed E-state index contributed by atoms with van der Waals surface area (Å²) in [6.07, 6.45) is 0.511. The van der Waals surface area contributed by atoms with Crippen LogP contribution >= 0.6 is 11.6 Å². The zero-order valence-electron chi connectivity index (χ0n) is 9.80. The molecule has 1 aromatic carbocycles. The van der Waals surface area contributed by atoms with Crippen LogP contribution in [0.15, 0.2) is 24.3 Å². The van der Waals surface area contributed by atoms with Gasteiger partial charge in [-0.05, 0) is 23.6 Å². The minimum atomic E-state index is -0.944. The highest BCUT2D eigenvalue weighted by Crippen LogP contribution is 2.21. The number of amides is 1. The van der Waals surface area contributed by atoms with Crippen molar-refractivity contribution in [3.05, 3.63) is 35.4 Å². The first-order chi connectivity index (χ1) is 8.60. The number of carbonyl (C=O) groups is 2. The van der Waals surface area contributed by atoms with E-state index in [-0.39, 0.29) is 17.4 Å². The molecule has 0 spiro atoms. The van der Waals surface area contributed by atoms with Gasteiger partial charge in [0.05, 0.1) is 5.56 Å². The SMILES string of the molecule is O=C(O)c1ccc(CN2CC(CCl)CC2=O)cc1. The van der Waals surface area contributed by atoms with E-state index in [0.717, 1.165) is 5.56 Å². The first kappa shape index (κ1) is 12.9. The highest BCUT2D eigenvalue weighted by Gasteiger charge is 2.28. The summed E-state index contributed by atoms with van der Waals surface area (Å²) < 4.78 is 0. The molecule has 0 saturated carbocycles. The van der Waals surface area contributed by atoms with E-state index in [1.54, 1.807) is 29.2 Å². The lowest BCUT2D eigenvalue weighted by Gasteiger charge is -2.16. The zero-order chi connectivity index (χ0) is 13.1. The molecule has 1 amide bonds. The van der Waals surface area contributed by atoms with Gasteiger partial charge in [0.15, 0.2) is 0 Å². The van der Waals surface area contributed by atoms with Crippen LogP contribution < -0.4 is 0 Å². The number of halogens is 1. The number of alkyl halides is 1. The van der Waals surface area contributed by atoms with E-state index in [2.05, 4.69) is 0 Å². The molecular weight excluding hydrogens is 254 g/mol. The second kappa shape index (κ2) is 5.40. The number of carboxylic acids is 1. The molecule has 0 radical (unpaired) electrons. The van der Waals surface area contributed by atoms with Crippen LogP contribution in [0, 0.1) is 5.92 Å². The summed E-state index contributed by atoms with van der Waals surface area (Å²) in [7, 11) is 0. The van der Waals surface area contributed by atoms with Gasteiger partial charge in [0, 0.05) is 25.4 Å². The Morgan fingerprint density at radius 3 is 2.56 bits per heavy atom.